The molecule has 4 heteroatoms. The van der Waals surface area contributed by atoms with Crippen LogP contribution in [0, 0.1) is 0 Å². The Morgan fingerprint density at radius 2 is 1.55 bits per heavy atom. The summed E-state index contributed by atoms with van der Waals surface area (Å²) in [4.78, 5) is 8.77. The van der Waals surface area contributed by atoms with E-state index in [9.17, 15) is 0 Å². The van der Waals surface area contributed by atoms with Crippen molar-refractivity contribution in [3.63, 3.8) is 0 Å². The van der Waals surface area contributed by atoms with Crippen LogP contribution < -0.4 is 0 Å². The van der Waals surface area contributed by atoms with Crippen LogP contribution in [0.5, 0.6) is 0 Å². The lowest BCUT2D eigenvalue weighted by molar-refractivity contribution is 0.727. The molecule has 0 amide bonds. The Labute approximate surface area is 130 Å². The number of hydrogen-bond donors (Lipinski definition) is 0. The SMILES string of the molecule is CCC(C)c1cc(-c2ccccn2)nnc1-c1ccccn1. The van der Waals surface area contributed by atoms with Gasteiger partial charge in [0.05, 0.1) is 11.4 Å². The molecule has 3 aromatic heterocycles. The van der Waals surface area contributed by atoms with Gasteiger partial charge in [0.2, 0.25) is 0 Å². The molecule has 1 atom stereocenters. The summed E-state index contributed by atoms with van der Waals surface area (Å²) in [6.07, 6.45) is 4.59. The van der Waals surface area contributed by atoms with Crippen molar-refractivity contribution in [2.75, 3.05) is 0 Å². The predicted octanol–water partition coefficient (Wildman–Crippen LogP) is 4.11. The lowest BCUT2D eigenvalue weighted by atomic mass is 9.95. The topological polar surface area (TPSA) is 51.6 Å². The number of pyridine rings is 2. The Kier molecular flexibility index (Phi) is 4.19. The van der Waals surface area contributed by atoms with Gasteiger partial charge in [0.15, 0.2) is 0 Å². The van der Waals surface area contributed by atoms with Gasteiger partial charge in [-0.25, -0.2) is 0 Å². The second-order valence-corrected chi connectivity index (χ2v) is 5.27. The second-order valence-electron chi connectivity index (χ2n) is 5.27. The van der Waals surface area contributed by atoms with Gasteiger partial charge < -0.3 is 0 Å². The van der Waals surface area contributed by atoms with E-state index < -0.39 is 0 Å². The van der Waals surface area contributed by atoms with E-state index in [4.69, 9.17) is 0 Å². The van der Waals surface area contributed by atoms with Gasteiger partial charge in [-0.2, -0.15) is 0 Å². The Morgan fingerprint density at radius 3 is 2.14 bits per heavy atom. The van der Waals surface area contributed by atoms with E-state index in [1.165, 1.54) is 0 Å². The minimum absolute atomic E-state index is 0.384. The zero-order chi connectivity index (χ0) is 15.4. The average molecular weight is 290 g/mol. The Balaban J connectivity index is 2.12. The fourth-order valence-corrected chi connectivity index (χ4v) is 2.34. The number of aromatic nitrogens is 4. The van der Waals surface area contributed by atoms with Gasteiger partial charge in [0.25, 0.3) is 0 Å². The third-order valence-electron chi connectivity index (χ3n) is 3.80. The molecule has 4 nitrogen and oxygen atoms in total. The smallest absolute Gasteiger partial charge is 0.115 e. The van der Waals surface area contributed by atoms with Crippen molar-refractivity contribution in [1.82, 2.24) is 20.2 Å². The van der Waals surface area contributed by atoms with Gasteiger partial charge in [-0.05, 0) is 48.2 Å². The van der Waals surface area contributed by atoms with Crippen LogP contribution in [0.1, 0.15) is 31.7 Å². The van der Waals surface area contributed by atoms with E-state index in [2.05, 4.69) is 40.1 Å². The van der Waals surface area contributed by atoms with E-state index in [-0.39, 0.29) is 0 Å². The highest BCUT2D eigenvalue weighted by Gasteiger charge is 2.16. The fourth-order valence-electron chi connectivity index (χ4n) is 2.34. The lowest BCUT2D eigenvalue weighted by Crippen LogP contribution is -2.03. The van der Waals surface area contributed by atoms with Gasteiger partial charge in [0.1, 0.15) is 11.4 Å². The molecule has 0 radical (unpaired) electrons. The normalized spacial score (nSPS) is 12.1. The zero-order valence-electron chi connectivity index (χ0n) is 12.8. The summed E-state index contributed by atoms with van der Waals surface area (Å²) in [5.74, 6) is 0.384. The predicted molar refractivity (Wildman–Crippen MR) is 87.2 cm³/mol. The first-order valence-electron chi connectivity index (χ1n) is 7.50. The molecule has 110 valence electrons. The van der Waals surface area contributed by atoms with Gasteiger partial charge in [-0.1, -0.05) is 26.0 Å². The van der Waals surface area contributed by atoms with Gasteiger partial charge >= 0.3 is 0 Å². The molecular weight excluding hydrogens is 272 g/mol. The maximum atomic E-state index is 4.44. The molecule has 3 rings (SSSR count). The van der Waals surface area contributed by atoms with Crippen LogP contribution in [-0.4, -0.2) is 20.2 Å². The van der Waals surface area contributed by atoms with Gasteiger partial charge in [-0.15, -0.1) is 10.2 Å². The third-order valence-corrected chi connectivity index (χ3v) is 3.80. The molecule has 0 aliphatic heterocycles. The summed E-state index contributed by atoms with van der Waals surface area (Å²) in [6, 6.07) is 13.7. The van der Waals surface area contributed by atoms with Crippen LogP contribution in [0.3, 0.4) is 0 Å². The van der Waals surface area contributed by atoms with Crippen molar-refractivity contribution in [1.29, 1.82) is 0 Å². The molecule has 0 saturated carbocycles. The van der Waals surface area contributed by atoms with Gasteiger partial charge in [0, 0.05) is 12.4 Å². The Morgan fingerprint density at radius 1 is 0.864 bits per heavy atom. The van der Waals surface area contributed by atoms with Crippen molar-refractivity contribution < 1.29 is 0 Å². The van der Waals surface area contributed by atoms with E-state index in [1.54, 1.807) is 12.4 Å². The largest absolute Gasteiger partial charge is 0.255 e. The first-order valence-corrected chi connectivity index (χ1v) is 7.50. The summed E-state index contributed by atoms with van der Waals surface area (Å²) < 4.78 is 0. The van der Waals surface area contributed by atoms with Crippen molar-refractivity contribution in [3.05, 3.63) is 60.4 Å². The summed E-state index contributed by atoms with van der Waals surface area (Å²) in [6.45, 7) is 4.37. The number of rotatable bonds is 4. The first kappa shape index (κ1) is 14.3. The highest BCUT2D eigenvalue weighted by Crippen LogP contribution is 2.30. The lowest BCUT2D eigenvalue weighted by Gasteiger charge is -2.14. The molecule has 0 aromatic carbocycles. The Hall–Kier alpha value is -2.62. The standard InChI is InChI=1S/C18H18N4/c1-3-13(2)14-12-17(15-8-4-6-10-19-15)21-22-18(14)16-9-5-7-11-20-16/h4-13H,3H2,1-2H3. The monoisotopic (exact) mass is 290 g/mol. The molecule has 0 saturated heterocycles. The number of nitrogens with zero attached hydrogens (tertiary/aromatic N) is 4. The Bertz CT molecular complexity index is 742. The van der Waals surface area contributed by atoms with Gasteiger partial charge in [-0.3, -0.25) is 9.97 Å². The molecule has 0 bridgehead atoms. The van der Waals surface area contributed by atoms with Crippen LogP contribution in [0.25, 0.3) is 22.8 Å². The van der Waals surface area contributed by atoms with Crippen molar-refractivity contribution >= 4 is 0 Å². The molecule has 0 spiro atoms. The maximum Gasteiger partial charge on any atom is 0.115 e. The molecule has 0 fully saturated rings. The zero-order valence-corrected chi connectivity index (χ0v) is 12.8. The van der Waals surface area contributed by atoms with Crippen molar-refractivity contribution in [2.24, 2.45) is 0 Å². The highest BCUT2D eigenvalue weighted by molar-refractivity contribution is 5.64. The molecular formula is C18H18N4. The molecule has 3 aromatic rings. The number of hydrogen-bond acceptors (Lipinski definition) is 4. The van der Waals surface area contributed by atoms with E-state index >= 15 is 0 Å². The molecule has 0 aliphatic rings. The molecule has 0 aliphatic carbocycles. The first-order chi connectivity index (χ1) is 10.8. The summed E-state index contributed by atoms with van der Waals surface area (Å²) in [7, 11) is 0. The summed E-state index contributed by atoms with van der Waals surface area (Å²) >= 11 is 0. The van der Waals surface area contributed by atoms with E-state index in [0.717, 1.165) is 34.8 Å². The van der Waals surface area contributed by atoms with Crippen LogP contribution in [0.4, 0.5) is 0 Å². The molecule has 22 heavy (non-hydrogen) atoms. The molecule has 1 unspecified atom stereocenters. The van der Waals surface area contributed by atoms with Crippen LogP contribution >= 0.6 is 0 Å². The minimum atomic E-state index is 0.384. The highest BCUT2D eigenvalue weighted by atomic mass is 15.1. The maximum absolute atomic E-state index is 4.44. The van der Waals surface area contributed by atoms with Crippen LogP contribution in [0.15, 0.2) is 54.9 Å². The molecule has 3 heterocycles. The van der Waals surface area contributed by atoms with Crippen molar-refractivity contribution in [3.8, 4) is 22.8 Å². The summed E-state index contributed by atoms with van der Waals surface area (Å²) in [5.41, 5.74) is 4.52. The van der Waals surface area contributed by atoms with Crippen LogP contribution in [0.2, 0.25) is 0 Å². The summed E-state index contributed by atoms with van der Waals surface area (Å²) in [5, 5.41) is 8.79. The molecule has 0 N–H and O–H groups in total. The van der Waals surface area contributed by atoms with E-state index in [0.29, 0.717) is 5.92 Å². The minimum Gasteiger partial charge on any atom is -0.255 e. The quantitative estimate of drug-likeness (QED) is 0.725. The fraction of sp³-hybridized carbons (Fsp3) is 0.222. The van der Waals surface area contributed by atoms with Crippen molar-refractivity contribution in [2.45, 2.75) is 26.2 Å². The van der Waals surface area contributed by atoms with Crippen LogP contribution in [-0.2, 0) is 0 Å². The second kappa shape index (κ2) is 6.43. The average Bonchev–Trinajstić information content (AvgIpc) is 2.62. The third kappa shape index (κ3) is 2.86. The van der Waals surface area contributed by atoms with E-state index in [1.807, 2.05) is 36.4 Å².